The molecule has 0 unspecified atom stereocenters. The lowest BCUT2D eigenvalue weighted by molar-refractivity contribution is -0.140. The van der Waals surface area contributed by atoms with Crippen LogP contribution in [0.1, 0.15) is 24.8 Å². The number of halogens is 1. The number of ether oxygens (including phenoxy) is 1. The first-order chi connectivity index (χ1) is 12.1. The number of nitrogens with zero attached hydrogens (tertiary/aromatic N) is 3. The maximum atomic E-state index is 14.3. The molecule has 0 spiro atoms. The van der Waals surface area contributed by atoms with Gasteiger partial charge in [0.15, 0.2) is 0 Å². The first-order valence-corrected chi connectivity index (χ1v) is 9.13. The van der Waals surface area contributed by atoms with Crippen LogP contribution in [0, 0.1) is 5.82 Å². The highest BCUT2D eigenvalue weighted by atomic mass is 19.1. The van der Waals surface area contributed by atoms with Crippen molar-refractivity contribution >= 4 is 5.91 Å². The van der Waals surface area contributed by atoms with E-state index in [0.717, 1.165) is 52.0 Å². The molecule has 2 saturated heterocycles. The van der Waals surface area contributed by atoms with Gasteiger partial charge in [0.05, 0.1) is 13.2 Å². The quantitative estimate of drug-likeness (QED) is 0.833. The number of hydrogen-bond donors (Lipinski definition) is 0. The minimum absolute atomic E-state index is 0.151. The Morgan fingerprint density at radius 1 is 1.20 bits per heavy atom. The summed E-state index contributed by atoms with van der Waals surface area (Å²) in [5, 5.41) is 0. The molecule has 0 N–H and O–H groups in total. The fourth-order valence-corrected chi connectivity index (χ4v) is 3.78. The number of hydrogen-bond acceptors (Lipinski definition) is 4. The van der Waals surface area contributed by atoms with Gasteiger partial charge >= 0.3 is 0 Å². The van der Waals surface area contributed by atoms with Crippen LogP contribution in [0.3, 0.4) is 0 Å². The fourth-order valence-electron chi connectivity index (χ4n) is 3.78. The molecule has 2 aliphatic heterocycles. The third-order valence-electron chi connectivity index (χ3n) is 5.37. The van der Waals surface area contributed by atoms with Crippen LogP contribution in [0.4, 0.5) is 4.39 Å². The zero-order valence-corrected chi connectivity index (χ0v) is 15.2. The zero-order chi connectivity index (χ0) is 17.8. The van der Waals surface area contributed by atoms with Crippen LogP contribution in [0.25, 0.3) is 0 Å². The zero-order valence-electron chi connectivity index (χ0n) is 15.2. The first-order valence-electron chi connectivity index (χ1n) is 9.13. The summed E-state index contributed by atoms with van der Waals surface area (Å²) in [5.41, 5.74) is 0.545. The molecule has 138 valence electrons. The summed E-state index contributed by atoms with van der Waals surface area (Å²) in [7, 11) is 3.64. The highest BCUT2D eigenvalue weighted by molar-refractivity contribution is 5.82. The van der Waals surface area contributed by atoms with Crippen molar-refractivity contribution in [1.29, 1.82) is 0 Å². The number of carbonyl (C=O) groups excluding carboxylic acids is 1. The predicted octanol–water partition coefficient (Wildman–Crippen LogP) is 1.96. The van der Waals surface area contributed by atoms with Crippen molar-refractivity contribution in [3.63, 3.8) is 0 Å². The Morgan fingerprint density at radius 2 is 1.96 bits per heavy atom. The van der Waals surface area contributed by atoms with Gasteiger partial charge in [0.1, 0.15) is 11.6 Å². The summed E-state index contributed by atoms with van der Waals surface area (Å²) < 4.78 is 19.6. The van der Waals surface area contributed by atoms with E-state index in [1.165, 1.54) is 6.07 Å². The molecule has 5 nitrogen and oxygen atoms in total. The molecule has 1 aromatic carbocycles. The highest BCUT2D eigenvalue weighted by Gasteiger charge is 2.33. The van der Waals surface area contributed by atoms with Gasteiger partial charge in [0.2, 0.25) is 5.91 Å². The van der Waals surface area contributed by atoms with Crippen molar-refractivity contribution in [1.82, 2.24) is 14.7 Å². The lowest BCUT2D eigenvalue weighted by atomic mass is 9.99. The molecule has 0 bridgehead atoms. The number of methoxy groups -OCH3 is 1. The maximum absolute atomic E-state index is 14.3. The molecule has 2 heterocycles. The minimum Gasteiger partial charge on any atom is -0.496 e. The Balaban J connectivity index is 1.74. The second-order valence-corrected chi connectivity index (χ2v) is 7.03. The van der Waals surface area contributed by atoms with Crippen molar-refractivity contribution < 1.29 is 13.9 Å². The van der Waals surface area contributed by atoms with Crippen molar-refractivity contribution in [2.24, 2.45) is 0 Å². The number of piperazine rings is 1. The van der Waals surface area contributed by atoms with Crippen LogP contribution in [-0.4, -0.2) is 73.5 Å². The smallest absolute Gasteiger partial charge is 0.240 e. The Bertz CT molecular complexity index is 602. The van der Waals surface area contributed by atoms with E-state index in [-0.39, 0.29) is 17.8 Å². The van der Waals surface area contributed by atoms with E-state index in [1.54, 1.807) is 19.2 Å². The fraction of sp³-hybridized carbons (Fsp3) is 0.632. The van der Waals surface area contributed by atoms with Gasteiger partial charge in [-0.2, -0.15) is 0 Å². The lowest BCUT2D eigenvalue weighted by Crippen LogP contribution is -2.55. The molecule has 2 fully saturated rings. The highest BCUT2D eigenvalue weighted by Crippen LogP contribution is 2.27. The van der Waals surface area contributed by atoms with Gasteiger partial charge in [-0.25, -0.2) is 4.39 Å². The number of likely N-dealkylation sites (tertiary alicyclic amines) is 1. The molecule has 0 radical (unpaired) electrons. The van der Waals surface area contributed by atoms with Crippen molar-refractivity contribution in [2.45, 2.75) is 31.8 Å². The maximum Gasteiger partial charge on any atom is 0.240 e. The molecule has 1 aromatic rings. The van der Waals surface area contributed by atoms with Crippen LogP contribution in [0.15, 0.2) is 18.2 Å². The van der Waals surface area contributed by atoms with E-state index in [9.17, 15) is 9.18 Å². The molecule has 0 aromatic heterocycles. The van der Waals surface area contributed by atoms with Crippen molar-refractivity contribution in [2.75, 3.05) is 46.9 Å². The van der Waals surface area contributed by atoms with E-state index in [4.69, 9.17) is 4.74 Å². The topological polar surface area (TPSA) is 36.0 Å². The van der Waals surface area contributed by atoms with E-state index in [0.29, 0.717) is 17.9 Å². The van der Waals surface area contributed by atoms with Gasteiger partial charge in [-0.3, -0.25) is 9.69 Å². The SMILES string of the molecule is COc1cccc(F)c1CN1CCCC[C@H]1C(=O)N1CCN(C)CC1. The lowest BCUT2D eigenvalue weighted by Gasteiger charge is -2.40. The summed E-state index contributed by atoms with van der Waals surface area (Å²) in [6.07, 6.45) is 2.94. The molecule has 1 amide bonds. The van der Waals surface area contributed by atoms with E-state index >= 15 is 0 Å². The molecule has 0 aliphatic carbocycles. The normalized spacial score (nSPS) is 22.8. The number of piperidine rings is 1. The van der Waals surface area contributed by atoms with Crippen LogP contribution in [0.5, 0.6) is 5.75 Å². The van der Waals surface area contributed by atoms with Gasteiger partial charge in [0.25, 0.3) is 0 Å². The Labute approximate surface area is 149 Å². The molecule has 2 aliphatic rings. The third-order valence-corrected chi connectivity index (χ3v) is 5.37. The monoisotopic (exact) mass is 349 g/mol. The molecule has 3 rings (SSSR count). The van der Waals surface area contributed by atoms with Crippen LogP contribution in [0.2, 0.25) is 0 Å². The van der Waals surface area contributed by atoms with E-state index in [2.05, 4.69) is 16.8 Å². The summed E-state index contributed by atoms with van der Waals surface area (Å²) in [5.74, 6) is 0.482. The Kier molecular flexibility index (Phi) is 5.91. The summed E-state index contributed by atoms with van der Waals surface area (Å²) in [4.78, 5) is 19.4. The average Bonchev–Trinajstić information content (AvgIpc) is 2.64. The summed E-state index contributed by atoms with van der Waals surface area (Å²) >= 11 is 0. The number of rotatable bonds is 4. The molecule has 0 saturated carbocycles. The van der Waals surface area contributed by atoms with Gasteiger partial charge in [-0.1, -0.05) is 12.5 Å². The Hall–Kier alpha value is -1.66. The molecular weight excluding hydrogens is 321 g/mol. The van der Waals surface area contributed by atoms with Crippen molar-refractivity contribution in [3.05, 3.63) is 29.6 Å². The number of benzene rings is 1. The van der Waals surface area contributed by atoms with Gasteiger partial charge in [-0.05, 0) is 38.6 Å². The van der Waals surface area contributed by atoms with Crippen LogP contribution < -0.4 is 4.74 Å². The van der Waals surface area contributed by atoms with Gasteiger partial charge < -0.3 is 14.5 Å². The summed E-state index contributed by atoms with van der Waals surface area (Å²) in [6, 6.07) is 4.74. The van der Waals surface area contributed by atoms with E-state index < -0.39 is 0 Å². The van der Waals surface area contributed by atoms with Gasteiger partial charge in [0, 0.05) is 38.3 Å². The van der Waals surface area contributed by atoms with Crippen LogP contribution >= 0.6 is 0 Å². The van der Waals surface area contributed by atoms with Crippen molar-refractivity contribution in [3.8, 4) is 5.75 Å². The largest absolute Gasteiger partial charge is 0.496 e. The Morgan fingerprint density at radius 3 is 2.68 bits per heavy atom. The third kappa shape index (κ3) is 4.12. The molecule has 25 heavy (non-hydrogen) atoms. The standard InChI is InChI=1S/C19H28FN3O2/c1-21-10-12-22(13-11-21)19(24)17-7-3-4-9-23(17)14-15-16(20)6-5-8-18(15)25-2/h5-6,8,17H,3-4,7,9-14H2,1-2H3/t17-/m0/s1. The first kappa shape index (κ1) is 18.1. The van der Waals surface area contributed by atoms with Gasteiger partial charge in [-0.15, -0.1) is 0 Å². The number of carbonyl (C=O) groups is 1. The molecule has 6 heteroatoms. The second-order valence-electron chi connectivity index (χ2n) is 7.03. The van der Waals surface area contributed by atoms with Crippen LogP contribution in [-0.2, 0) is 11.3 Å². The predicted molar refractivity (Wildman–Crippen MR) is 95.1 cm³/mol. The minimum atomic E-state index is -0.268. The average molecular weight is 349 g/mol. The molecule has 1 atom stereocenters. The molecular formula is C19H28FN3O2. The number of likely N-dealkylation sites (N-methyl/N-ethyl adjacent to an activating group) is 1. The second kappa shape index (κ2) is 8.15. The van der Waals surface area contributed by atoms with E-state index in [1.807, 2.05) is 4.90 Å². The summed E-state index contributed by atoms with van der Waals surface area (Å²) in [6.45, 7) is 4.63. The number of amides is 1.